The Labute approximate surface area is 185 Å². The number of imide groups is 1. The van der Waals surface area contributed by atoms with Gasteiger partial charge in [-0.1, -0.05) is 66.2 Å². The number of amides is 3. The maximum atomic E-state index is 13.6. The van der Waals surface area contributed by atoms with Crippen molar-refractivity contribution in [1.29, 1.82) is 0 Å². The fourth-order valence-corrected chi connectivity index (χ4v) is 4.36. The van der Waals surface area contributed by atoms with Gasteiger partial charge in [-0.25, -0.2) is 5.01 Å². The van der Waals surface area contributed by atoms with Gasteiger partial charge in [-0.05, 0) is 31.9 Å². The summed E-state index contributed by atoms with van der Waals surface area (Å²) in [5.41, 5.74) is 0.496. The SMILES string of the molecule is C[C@H](C(=O)c1ccccc1)N(C(=O)c1ccccc1Cl)N1C(=O)[C@H]2CC=CC[C@@H]2C1=O. The second-order valence-corrected chi connectivity index (χ2v) is 8.09. The number of ketones is 1. The van der Waals surface area contributed by atoms with Crippen molar-refractivity contribution < 1.29 is 19.2 Å². The van der Waals surface area contributed by atoms with Gasteiger partial charge >= 0.3 is 0 Å². The summed E-state index contributed by atoms with van der Waals surface area (Å²) in [5, 5.41) is 2.04. The van der Waals surface area contributed by atoms with Gasteiger partial charge in [-0.2, -0.15) is 5.01 Å². The number of benzene rings is 2. The molecule has 1 saturated heterocycles. The Hall–Kier alpha value is -3.25. The third kappa shape index (κ3) is 3.68. The number of allylic oxidation sites excluding steroid dienone is 2. The van der Waals surface area contributed by atoms with E-state index >= 15 is 0 Å². The second kappa shape index (κ2) is 8.47. The van der Waals surface area contributed by atoms with E-state index in [9.17, 15) is 19.2 Å². The zero-order valence-electron chi connectivity index (χ0n) is 16.9. The highest BCUT2D eigenvalue weighted by Gasteiger charge is 2.52. The van der Waals surface area contributed by atoms with Gasteiger partial charge in [0.1, 0.15) is 6.04 Å². The van der Waals surface area contributed by atoms with E-state index in [2.05, 4.69) is 0 Å². The van der Waals surface area contributed by atoms with Crippen LogP contribution in [0.4, 0.5) is 0 Å². The third-order valence-electron chi connectivity index (χ3n) is 5.82. The van der Waals surface area contributed by atoms with Gasteiger partial charge in [0.05, 0.1) is 22.4 Å². The molecule has 0 unspecified atom stereocenters. The van der Waals surface area contributed by atoms with Crippen molar-refractivity contribution in [3.05, 3.63) is 82.9 Å². The lowest BCUT2D eigenvalue weighted by Gasteiger charge is -2.34. The van der Waals surface area contributed by atoms with Crippen LogP contribution >= 0.6 is 11.6 Å². The van der Waals surface area contributed by atoms with Crippen LogP contribution in [0.15, 0.2) is 66.7 Å². The van der Waals surface area contributed by atoms with Gasteiger partial charge in [-0.15, -0.1) is 0 Å². The maximum Gasteiger partial charge on any atom is 0.275 e. The molecule has 2 aliphatic rings. The lowest BCUT2D eigenvalue weighted by molar-refractivity contribution is -0.156. The first kappa shape index (κ1) is 21.0. The van der Waals surface area contributed by atoms with E-state index < -0.39 is 35.6 Å². The van der Waals surface area contributed by atoms with Gasteiger partial charge in [0, 0.05) is 5.56 Å². The molecular formula is C24H21ClN2O4. The van der Waals surface area contributed by atoms with Crippen molar-refractivity contribution in [2.24, 2.45) is 11.8 Å². The average Bonchev–Trinajstić information content (AvgIpc) is 3.05. The topological polar surface area (TPSA) is 74.8 Å². The Morgan fingerprint density at radius 1 is 0.935 bits per heavy atom. The van der Waals surface area contributed by atoms with E-state index in [1.165, 1.54) is 13.0 Å². The quantitative estimate of drug-likeness (QED) is 0.404. The van der Waals surface area contributed by atoms with Gasteiger partial charge in [-0.3, -0.25) is 19.2 Å². The molecule has 0 radical (unpaired) electrons. The summed E-state index contributed by atoms with van der Waals surface area (Å²) < 4.78 is 0. The molecule has 0 aromatic heterocycles. The minimum absolute atomic E-state index is 0.116. The number of hydrogen-bond acceptors (Lipinski definition) is 4. The second-order valence-electron chi connectivity index (χ2n) is 7.68. The lowest BCUT2D eigenvalue weighted by atomic mass is 9.85. The molecule has 0 spiro atoms. The smallest absolute Gasteiger partial charge is 0.275 e. The largest absolute Gasteiger partial charge is 0.292 e. The Bertz CT molecular complexity index is 1060. The van der Waals surface area contributed by atoms with Gasteiger partial charge in [0.2, 0.25) is 0 Å². The number of fused-ring (bicyclic) bond motifs is 1. The highest BCUT2D eigenvalue weighted by Crippen LogP contribution is 2.37. The summed E-state index contributed by atoms with van der Waals surface area (Å²) in [6, 6.07) is 13.8. The summed E-state index contributed by atoms with van der Waals surface area (Å²) in [6.45, 7) is 1.52. The van der Waals surface area contributed by atoms with Crippen molar-refractivity contribution in [1.82, 2.24) is 10.0 Å². The molecule has 2 aromatic carbocycles. The van der Waals surface area contributed by atoms with E-state index in [0.29, 0.717) is 18.4 Å². The van der Waals surface area contributed by atoms with Crippen molar-refractivity contribution >= 4 is 35.1 Å². The molecule has 1 aliphatic heterocycles. The van der Waals surface area contributed by atoms with E-state index in [0.717, 1.165) is 10.0 Å². The summed E-state index contributed by atoms with van der Waals surface area (Å²) in [4.78, 5) is 53.2. The Morgan fingerprint density at radius 3 is 2.06 bits per heavy atom. The Balaban J connectivity index is 1.77. The number of hydrazine groups is 1. The number of rotatable bonds is 5. The van der Waals surface area contributed by atoms with Crippen molar-refractivity contribution in [2.75, 3.05) is 0 Å². The minimum atomic E-state index is -1.09. The van der Waals surface area contributed by atoms with Crippen LogP contribution in [0.5, 0.6) is 0 Å². The molecule has 4 rings (SSSR count). The van der Waals surface area contributed by atoms with Crippen LogP contribution < -0.4 is 0 Å². The van der Waals surface area contributed by atoms with Crippen LogP contribution in [0.3, 0.4) is 0 Å². The first-order valence-electron chi connectivity index (χ1n) is 10.1. The molecule has 6 nitrogen and oxygen atoms in total. The fraction of sp³-hybridized carbons (Fsp3) is 0.250. The number of hydrogen-bond donors (Lipinski definition) is 0. The molecule has 1 heterocycles. The van der Waals surface area contributed by atoms with Crippen LogP contribution in [0, 0.1) is 11.8 Å². The van der Waals surface area contributed by atoms with Crippen LogP contribution in [0.25, 0.3) is 0 Å². The predicted octanol–water partition coefficient (Wildman–Crippen LogP) is 3.92. The Morgan fingerprint density at radius 2 is 1.48 bits per heavy atom. The van der Waals surface area contributed by atoms with E-state index in [1.807, 2.05) is 12.2 Å². The number of Topliss-reactive ketones (excluding diaryl/α,β-unsaturated/α-hetero) is 1. The average molecular weight is 437 g/mol. The molecule has 0 bridgehead atoms. The van der Waals surface area contributed by atoms with Gasteiger partial charge in [0.25, 0.3) is 17.7 Å². The molecule has 3 amide bonds. The van der Waals surface area contributed by atoms with Gasteiger partial charge < -0.3 is 0 Å². The molecule has 31 heavy (non-hydrogen) atoms. The van der Waals surface area contributed by atoms with Crippen LogP contribution in [0.2, 0.25) is 5.02 Å². The molecule has 1 aliphatic carbocycles. The molecule has 0 saturated carbocycles. The number of carbonyl (C=O) groups is 4. The van der Waals surface area contributed by atoms with E-state index in [4.69, 9.17) is 11.6 Å². The highest BCUT2D eigenvalue weighted by molar-refractivity contribution is 6.34. The lowest BCUT2D eigenvalue weighted by Crippen LogP contribution is -2.56. The number of carbonyl (C=O) groups excluding carboxylic acids is 4. The highest BCUT2D eigenvalue weighted by atomic mass is 35.5. The maximum absolute atomic E-state index is 13.6. The Kier molecular flexibility index (Phi) is 5.74. The number of nitrogens with zero attached hydrogens (tertiary/aromatic N) is 2. The minimum Gasteiger partial charge on any atom is -0.292 e. The molecule has 3 atom stereocenters. The molecular weight excluding hydrogens is 416 g/mol. The summed E-state index contributed by atoms with van der Waals surface area (Å²) in [5.74, 6) is -3.04. The van der Waals surface area contributed by atoms with Crippen molar-refractivity contribution in [3.8, 4) is 0 Å². The molecule has 158 valence electrons. The van der Waals surface area contributed by atoms with Crippen molar-refractivity contribution in [2.45, 2.75) is 25.8 Å². The van der Waals surface area contributed by atoms with Crippen LogP contribution in [0.1, 0.15) is 40.5 Å². The number of halogens is 1. The molecule has 1 fully saturated rings. The molecule has 7 heteroatoms. The van der Waals surface area contributed by atoms with E-state index in [1.54, 1.807) is 48.5 Å². The monoisotopic (exact) mass is 436 g/mol. The van der Waals surface area contributed by atoms with Gasteiger partial charge in [0.15, 0.2) is 5.78 Å². The summed E-state index contributed by atoms with van der Waals surface area (Å²) >= 11 is 6.24. The van der Waals surface area contributed by atoms with Crippen LogP contribution in [-0.4, -0.2) is 39.6 Å². The predicted molar refractivity (Wildman–Crippen MR) is 115 cm³/mol. The molecule has 0 N–H and O–H groups in total. The van der Waals surface area contributed by atoms with E-state index in [-0.39, 0.29) is 16.4 Å². The summed E-state index contributed by atoms with van der Waals surface area (Å²) in [7, 11) is 0. The summed E-state index contributed by atoms with van der Waals surface area (Å²) in [6.07, 6.45) is 4.60. The molecule has 2 aromatic rings. The zero-order chi connectivity index (χ0) is 22.1. The normalized spacial score (nSPS) is 21.0. The zero-order valence-corrected chi connectivity index (χ0v) is 17.7. The van der Waals surface area contributed by atoms with Crippen molar-refractivity contribution in [3.63, 3.8) is 0 Å². The first-order valence-corrected chi connectivity index (χ1v) is 10.5. The fourth-order valence-electron chi connectivity index (χ4n) is 4.15. The standard InChI is InChI=1S/C24H21ClN2O4/c1-15(21(28)16-9-3-2-4-10-16)26(24(31)19-13-7-8-14-20(19)25)27-22(29)17-11-5-6-12-18(17)23(27)30/h2-10,13-15,17-18H,11-12H2,1H3/t15-,17+,18+/m1/s1. The first-order chi connectivity index (χ1) is 14.9. The van der Waals surface area contributed by atoms with Crippen LogP contribution in [-0.2, 0) is 9.59 Å². The third-order valence-corrected chi connectivity index (χ3v) is 6.15.